The van der Waals surface area contributed by atoms with Crippen molar-refractivity contribution in [3.8, 4) is 0 Å². The molecular formula is C49H72N4O7Si. The quantitative estimate of drug-likeness (QED) is 0.109. The number of rotatable bonds is 18. The Balaban J connectivity index is 1.55. The maximum Gasteiger partial charge on any atom is 0.407 e. The molecule has 3 aromatic rings. The first-order valence-corrected chi connectivity index (χ1v) is 24.9. The van der Waals surface area contributed by atoms with E-state index in [0.29, 0.717) is 32.5 Å². The van der Waals surface area contributed by atoms with E-state index in [1.54, 1.807) is 0 Å². The molecule has 0 saturated carbocycles. The summed E-state index contributed by atoms with van der Waals surface area (Å²) in [6.07, 6.45) is 0.807. The lowest BCUT2D eigenvalue weighted by molar-refractivity contribution is -0.140. The SMILES string of the molecule is CC(C)[C@H](NC(=O)[C@H](Cc1ccccc1)C[C@H]([C@@H](NC(=O)OC(C)(C)C)C(O[SiH](C)C)c1ccccc1)C(C)(C)C)C(=O)N1CCC(CNC(=O)OCc2ccccc2)CC1. The average Bonchev–Trinajstić information content (AvgIpc) is 3.21. The molecule has 0 spiro atoms. The second-order valence-electron chi connectivity index (χ2n) is 19.2. The van der Waals surface area contributed by atoms with Crippen molar-refractivity contribution in [2.45, 2.75) is 125 Å². The van der Waals surface area contributed by atoms with Gasteiger partial charge in [-0.3, -0.25) is 9.59 Å². The number of hydrogen-bond donors (Lipinski definition) is 3. The summed E-state index contributed by atoms with van der Waals surface area (Å²) in [5.74, 6) is -1.09. The smallest absolute Gasteiger partial charge is 0.407 e. The van der Waals surface area contributed by atoms with E-state index in [1.807, 2.05) is 131 Å². The first kappa shape index (κ1) is 49.0. The Bertz CT molecular complexity index is 1810. The van der Waals surface area contributed by atoms with E-state index < -0.39 is 56.3 Å². The minimum atomic E-state index is -1.67. The normalized spacial score (nSPS) is 16.2. The molecule has 4 rings (SSSR count). The second kappa shape index (κ2) is 23.0. The number of alkyl carbamates (subject to hydrolysis) is 2. The van der Waals surface area contributed by atoms with E-state index in [1.165, 1.54) is 0 Å². The Hall–Kier alpha value is -4.68. The van der Waals surface area contributed by atoms with Crippen LogP contribution in [-0.2, 0) is 36.5 Å². The van der Waals surface area contributed by atoms with Crippen molar-refractivity contribution < 1.29 is 33.1 Å². The lowest BCUT2D eigenvalue weighted by Gasteiger charge is -2.43. The van der Waals surface area contributed by atoms with Crippen LogP contribution in [0.1, 0.15) is 97.4 Å². The van der Waals surface area contributed by atoms with Crippen molar-refractivity contribution in [1.29, 1.82) is 0 Å². The first-order valence-electron chi connectivity index (χ1n) is 22.1. The summed E-state index contributed by atoms with van der Waals surface area (Å²) in [6.45, 7) is 21.8. The van der Waals surface area contributed by atoms with E-state index in [0.717, 1.165) is 29.5 Å². The molecule has 5 atom stereocenters. The Morgan fingerprint density at radius 1 is 0.770 bits per heavy atom. The predicted octanol–water partition coefficient (Wildman–Crippen LogP) is 8.84. The summed E-state index contributed by atoms with van der Waals surface area (Å²) < 4.78 is 18.0. The molecule has 3 aromatic carbocycles. The molecule has 0 aliphatic carbocycles. The van der Waals surface area contributed by atoms with Gasteiger partial charge in [0.1, 0.15) is 18.2 Å². The van der Waals surface area contributed by atoms with Crippen LogP contribution in [0, 0.1) is 29.1 Å². The number of ether oxygens (including phenoxy) is 2. The third kappa shape index (κ3) is 16.3. The molecule has 0 aromatic heterocycles. The number of carbonyl (C=O) groups is 4. The molecule has 12 heteroatoms. The first-order chi connectivity index (χ1) is 28.8. The zero-order valence-electron chi connectivity index (χ0n) is 38.2. The molecular weight excluding hydrogens is 785 g/mol. The van der Waals surface area contributed by atoms with Crippen LogP contribution in [-0.4, -0.2) is 75.3 Å². The lowest BCUT2D eigenvalue weighted by Crippen LogP contribution is -2.55. The van der Waals surface area contributed by atoms with Gasteiger partial charge in [0.2, 0.25) is 11.8 Å². The van der Waals surface area contributed by atoms with Gasteiger partial charge in [0, 0.05) is 25.6 Å². The van der Waals surface area contributed by atoms with Gasteiger partial charge >= 0.3 is 12.2 Å². The highest BCUT2D eigenvalue weighted by molar-refractivity contribution is 6.48. The molecule has 3 N–H and O–H groups in total. The van der Waals surface area contributed by atoms with Crippen LogP contribution in [0.4, 0.5) is 9.59 Å². The minimum absolute atomic E-state index is 0.105. The van der Waals surface area contributed by atoms with Crippen molar-refractivity contribution in [3.05, 3.63) is 108 Å². The largest absolute Gasteiger partial charge is 0.445 e. The molecule has 1 unspecified atom stereocenters. The van der Waals surface area contributed by atoms with E-state index in [9.17, 15) is 19.2 Å². The summed E-state index contributed by atoms with van der Waals surface area (Å²) in [5, 5.41) is 9.38. The van der Waals surface area contributed by atoms with Crippen LogP contribution >= 0.6 is 0 Å². The predicted molar refractivity (Wildman–Crippen MR) is 244 cm³/mol. The molecule has 0 radical (unpaired) electrons. The number of likely N-dealkylation sites (tertiary alicyclic amines) is 1. The van der Waals surface area contributed by atoms with Crippen molar-refractivity contribution in [3.63, 3.8) is 0 Å². The van der Waals surface area contributed by atoms with E-state index >= 15 is 0 Å². The average molecular weight is 857 g/mol. The summed E-state index contributed by atoms with van der Waals surface area (Å²) >= 11 is 0. The van der Waals surface area contributed by atoms with Gasteiger partial charge in [0.05, 0.1) is 12.1 Å². The van der Waals surface area contributed by atoms with Gasteiger partial charge < -0.3 is 34.8 Å². The molecule has 1 aliphatic heterocycles. The number of carbonyl (C=O) groups excluding carboxylic acids is 4. The molecule has 1 heterocycles. The summed E-state index contributed by atoms with van der Waals surface area (Å²) in [6, 6.07) is 28.2. The van der Waals surface area contributed by atoms with Crippen LogP contribution in [0.2, 0.25) is 13.1 Å². The Kier molecular flexibility index (Phi) is 18.4. The van der Waals surface area contributed by atoms with E-state index in [4.69, 9.17) is 13.9 Å². The highest BCUT2D eigenvalue weighted by Gasteiger charge is 2.43. The number of piperidine rings is 1. The summed E-state index contributed by atoms with van der Waals surface area (Å²) in [7, 11) is -1.67. The van der Waals surface area contributed by atoms with Crippen LogP contribution in [0.15, 0.2) is 91.0 Å². The Morgan fingerprint density at radius 2 is 1.33 bits per heavy atom. The fourth-order valence-electron chi connectivity index (χ4n) is 8.01. The van der Waals surface area contributed by atoms with Gasteiger partial charge in [-0.15, -0.1) is 0 Å². The van der Waals surface area contributed by atoms with E-state index in [2.05, 4.69) is 49.8 Å². The van der Waals surface area contributed by atoms with Gasteiger partial charge in [-0.2, -0.15) is 0 Å². The van der Waals surface area contributed by atoms with Gasteiger partial charge in [0.25, 0.3) is 0 Å². The van der Waals surface area contributed by atoms with Crippen molar-refractivity contribution in [1.82, 2.24) is 20.9 Å². The number of nitrogens with one attached hydrogen (secondary N) is 3. The Labute approximate surface area is 366 Å². The van der Waals surface area contributed by atoms with Gasteiger partial charge in [0.15, 0.2) is 9.04 Å². The van der Waals surface area contributed by atoms with Crippen LogP contribution < -0.4 is 16.0 Å². The lowest BCUT2D eigenvalue weighted by atomic mass is 9.69. The molecule has 61 heavy (non-hydrogen) atoms. The van der Waals surface area contributed by atoms with Gasteiger partial charge in [-0.05, 0) is 99.4 Å². The van der Waals surface area contributed by atoms with Crippen LogP contribution in [0.25, 0.3) is 0 Å². The molecule has 1 fully saturated rings. The highest BCUT2D eigenvalue weighted by Crippen LogP contribution is 2.41. The number of benzene rings is 3. The fourth-order valence-corrected chi connectivity index (χ4v) is 8.92. The second-order valence-corrected chi connectivity index (χ2v) is 21.6. The van der Waals surface area contributed by atoms with Crippen molar-refractivity contribution in [2.75, 3.05) is 19.6 Å². The van der Waals surface area contributed by atoms with Gasteiger partial charge in [-0.1, -0.05) is 126 Å². The molecule has 1 aliphatic rings. The summed E-state index contributed by atoms with van der Waals surface area (Å²) in [4.78, 5) is 57.1. The monoisotopic (exact) mass is 857 g/mol. The minimum Gasteiger partial charge on any atom is -0.445 e. The Morgan fingerprint density at radius 3 is 1.85 bits per heavy atom. The summed E-state index contributed by atoms with van der Waals surface area (Å²) in [5.41, 5.74) is 1.74. The topological polar surface area (TPSA) is 135 Å². The third-order valence-corrected chi connectivity index (χ3v) is 12.1. The molecule has 0 bridgehead atoms. The molecule has 1 saturated heterocycles. The molecule has 334 valence electrons. The van der Waals surface area contributed by atoms with Crippen LogP contribution in [0.3, 0.4) is 0 Å². The zero-order chi connectivity index (χ0) is 44.7. The molecule has 11 nitrogen and oxygen atoms in total. The van der Waals surface area contributed by atoms with Crippen LogP contribution in [0.5, 0.6) is 0 Å². The van der Waals surface area contributed by atoms with Crippen molar-refractivity contribution in [2.24, 2.45) is 29.1 Å². The standard InChI is InChI=1S/C49H72N4O7Si/c1-34(2)41(45(55)53-28-26-36(27-29-53)32-50-46(56)58-33-37-22-16-12-17-23-37)51-44(54)39(30-35-20-14-11-15-21-35)31-40(48(3,4)5)42(52-47(57)59-49(6,7)8)43(60-61(9)10)38-24-18-13-19-25-38/h11-25,34,36,39-43,61H,26-33H2,1-10H3,(H,50,56)(H,51,54)(H,52,57)/t39-,40-,41+,42-,43?/m1/s1. The van der Waals surface area contributed by atoms with Crippen molar-refractivity contribution >= 4 is 33.0 Å². The maximum atomic E-state index is 14.8. The molecule has 4 amide bonds. The fraction of sp³-hybridized carbons (Fsp3) is 0.551. The number of hydrogen-bond acceptors (Lipinski definition) is 7. The van der Waals surface area contributed by atoms with Gasteiger partial charge in [-0.25, -0.2) is 9.59 Å². The highest BCUT2D eigenvalue weighted by atomic mass is 28.3. The maximum absolute atomic E-state index is 14.8. The van der Waals surface area contributed by atoms with E-state index in [-0.39, 0.29) is 36.2 Å². The number of nitrogens with zero attached hydrogens (tertiary/aromatic N) is 1. The third-order valence-electron chi connectivity index (χ3n) is 11.2. The number of amides is 4. The zero-order valence-corrected chi connectivity index (χ0v) is 39.4.